The van der Waals surface area contributed by atoms with Gasteiger partial charge in [-0.1, -0.05) is 12.1 Å². The summed E-state index contributed by atoms with van der Waals surface area (Å²) in [7, 11) is -3.41. The van der Waals surface area contributed by atoms with Gasteiger partial charge in [0.25, 0.3) is 5.91 Å². The maximum Gasteiger partial charge on any atom is 0.258 e. The van der Waals surface area contributed by atoms with Crippen molar-refractivity contribution in [2.75, 3.05) is 11.6 Å². The highest BCUT2D eigenvalue weighted by atomic mass is 79.9. The molecule has 0 fully saturated rings. The third-order valence-electron chi connectivity index (χ3n) is 2.54. The first-order valence-corrected chi connectivity index (χ1v) is 8.29. The number of benzene rings is 1. The zero-order chi connectivity index (χ0) is 14.8. The Morgan fingerprint density at radius 1 is 1.20 bits per heavy atom. The summed E-state index contributed by atoms with van der Waals surface area (Å²) in [4.78, 5) is 16.2. The van der Waals surface area contributed by atoms with Crippen molar-refractivity contribution < 1.29 is 13.2 Å². The predicted octanol–water partition coefficient (Wildman–Crippen LogP) is 2.50. The van der Waals surface area contributed by atoms with E-state index in [4.69, 9.17) is 0 Å². The van der Waals surface area contributed by atoms with Gasteiger partial charge in [-0.3, -0.25) is 4.79 Å². The topological polar surface area (TPSA) is 76.1 Å². The van der Waals surface area contributed by atoms with Crippen LogP contribution in [0.25, 0.3) is 0 Å². The van der Waals surface area contributed by atoms with Gasteiger partial charge in [0.05, 0.1) is 16.1 Å². The van der Waals surface area contributed by atoms with Crippen LogP contribution in [0.3, 0.4) is 0 Å². The molecule has 0 unspecified atom stereocenters. The zero-order valence-corrected chi connectivity index (χ0v) is 12.9. The molecule has 1 N–H and O–H groups in total. The number of rotatable bonds is 3. The molecule has 0 aliphatic heterocycles. The number of anilines is 1. The fourth-order valence-electron chi connectivity index (χ4n) is 1.64. The van der Waals surface area contributed by atoms with Gasteiger partial charge in [-0.2, -0.15) is 0 Å². The summed E-state index contributed by atoms with van der Waals surface area (Å²) in [6.45, 7) is 0. The molecule has 20 heavy (non-hydrogen) atoms. The Bertz CT molecular complexity index is 760. The van der Waals surface area contributed by atoms with E-state index in [1.165, 1.54) is 6.07 Å². The highest BCUT2D eigenvalue weighted by Crippen LogP contribution is 2.22. The third kappa shape index (κ3) is 3.23. The summed E-state index contributed by atoms with van der Waals surface area (Å²) in [5.41, 5.74) is 0.576. The number of aromatic nitrogens is 1. The molecule has 0 atom stereocenters. The number of halogens is 1. The normalized spacial score (nSPS) is 11.1. The Labute approximate surface area is 125 Å². The number of sulfone groups is 1. The van der Waals surface area contributed by atoms with Gasteiger partial charge in [0.15, 0.2) is 9.84 Å². The first-order chi connectivity index (χ1) is 9.39. The van der Waals surface area contributed by atoms with Crippen LogP contribution < -0.4 is 5.32 Å². The van der Waals surface area contributed by atoms with Gasteiger partial charge >= 0.3 is 0 Å². The second-order valence-corrected chi connectivity index (χ2v) is 6.80. The first-order valence-electron chi connectivity index (χ1n) is 5.60. The maximum atomic E-state index is 12.1. The fraction of sp³-hybridized carbons (Fsp3) is 0.0769. The summed E-state index contributed by atoms with van der Waals surface area (Å²) in [6, 6.07) is 9.47. The Morgan fingerprint density at radius 2 is 1.90 bits per heavy atom. The number of hydrogen-bond acceptors (Lipinski definition) is 4. The van der Waals surface area contributed by atoms with Gasteiger partial charge in [0.1, 0.15) is 4.60 Å². The van der Waals surface area contributed by atoms with Crippen molar-refractivity contribution in [3.63, 3.8) is 0 Å². The molecular formula is C13H11BrN2O3S. The molecule has 1 aromatic heterocycles. The summed E-state index contributed by atoms with van der Waals surface area (Å²) in [6.07, 6.45) is 2.64. The number of para-hydroxylation sites is 1. The maximum absolute atomic E-state index is 12.1. The average molecular weight is 355 g/mol. The summed E-state index contributed by atoms with van der Waals surface area (Å²) in [5.74, 6) is -0.430. The minimum absolute atomic E-state index is 0.0772. The number of nitrogens with zero attached hydrogens (tertiary/aromatic N) is 1. The molecule has 2 rings (SSSR count). The van der Waals surface area contributed by atoms with Gasteiger partial charge in [-0.05, 0) is 40.2 Å². The molecule has 104 valence electrons. The van der Waals surface area contributed by atoms with Gasteiger partial charge in [0, 0.05) is 12.5 Å². The van der Waals surface area contributed by atoms with Gasteiger partial charge < -0.3 is 5.32 Å². The van der Waals surface area contributed by atoms with Crippen LogP contribution in [0, 0.1) is 0 Å². The second-order valence-electron chi connectivity index (χ2n) is 4.06. The van der Waals surface area contributed by atoms with Gasteiger partial charge in [-0.15, -0.1) is 0 Å². The number of carbonyl (C=O) groups is 1. The zero-order valence-electron chi connectivity index (χ0n) is 10.5. The van der Waals surface area contributed by atoms with E-state index in [9.17, 15) is 13.2 Å². The number of amides is 1. The number of nitrogens with one attached hydrogen (secondary N) is 1. The molecule has 0 radical (unpaired) electrons. The molecular weight excluding hydrogens is 344 g/mol. The minimum atomic E-state index is -3.41. The van der Waals surface area contributed by atoms with Crippen molar-refractivity contribution in [2.24, 2.45) is 0 Å². The lowest BCUT2D eigenvalue weighted by Crippen LogP contribution is -2.15. The van der Waals surface area contributed by atoms with Crippen LogP contribution >= 0.6 is 15.9 Å². The highest BCUT2D eigenvalue weighted by molar-refractivity contribution is 9.10. The lowest BCUT2D eigenvalue weighted by Gasteiger charge is -2.10. The molecule has 7 heteroatoms. The van der Waals surface area contributed by atoms with E-state index < -0.39 is 15.7 Å². The van der Waals surface area contributed by atoms with Crippen molar-refractivity contribution in [3.05, 3.63) is 52.8 Å². The van der Waals surface area contributed by atoms with Crippen LogP contribution in [0.5, 0.6) is 0 Å². The Kier molecular flexibility index (Phi) is 4.20. The Hall–Kier alpha value is -1.73. The Morgan fingerprint density at radius 3 is 2.55 bits per heavy atom. The lowest BCUT2D eigenvalue weighted by atomic mass is 10.2. The molecule has 1 amide bonds. The molecule has 1 heterocycles. The molecule has 0 bridgehead atoms. The molecule has 0 saturated carbocycles. The first kappa shape index (κ1) is 14.7. The van der Waals surface area contributed by atoms with Crippen molar-refractivity contribution >= 4 is 37.4 Å². The van der Waals surface area contributed by atoms with Crippen molar-refractivity contribution in [1.29, 1.82) is 0 Å². The van der Waals surface area contributed by atoms with E-state index in [2.05, 4.69) is 26.2 Å². The van der Waals surface area contributed by atoms with Crippen molar-refractivity contribution in [1.82, 2.24) is 4.98 Å². The van der Waals surface area contributed by atoms with Crippen molar-refractivity contribution in [3.8, 4) is 0 Å². The second kappa shape index (κ2) is 5.72. The number of hydrogen-bond donors (Lipinski definition) is 1. The SMILES string of the molecule is CS(=O)(=O)c1ccccc1NC(=O)c1cccnc1Br. The van der Waals surface area contributed by atoms with E-state index in [1.54, 1.807) is 36.5 Å². The molecule has 5 nitrogen and oxygen atoms in total. The van der Waals surface area contributed by atoms with E-state index in [0.29, 0.717) is 10.2 Å². The van der Waals surface area contributed by atoms with Crippen LogP contribution in [0.4, 0.5) is 5.69 Å². The minimum Gasteiger partial charge on any atom is -0.321 e. The Balaban J connectivity index is 2.37. The highest BCUT2D eigenvalue weighted by Gasteiger charge is 2.16. The summed E-state index contributed by atoms with van der Waals surface area (Å²) < 4.78 is 23.7. The smallest absolute Gasteiger partial charge is 0.258 e. The van der Waals surface area contributed by atoms with E-state index in [1.807, 2.05) is 0 Å². The summed E-state index contributed by atoms with van der Waals surface area (Å²) in [5, 5.41) is 2.59. The van der Waals surface area contributed by atoms with Gasteiger partial charge in [-0.25, -0.2) is 13.4 Å². The largest absolute Gasteiger partial charge is 0.321 e. The summed E-state index contributed by atoms with van der Waals surface area (Å²) >= 11 is 3.18. The van der Waals surface area contributed by atoms with E-state index in [-0.39, 0.29) is 10.6 Å². The number of pyridine rings is 1. The molecule has 0 saturated heterocycles. The molecule has 0 spiro atoms. The molecule has 1 aromatic carbocycles. The van der Waals surface area contributed by atoms with E-state index in [0.717, 1.165) is 6.26 Å². The monoisotopic (exact) mass is 354 g/mol. The predicted molar refractivity (Wildman–Crippen MR) is 79.4 cm³/mol. The molecule has 0 aliphatic carbocycles. The van der Waals surface area contributed by atoms with Crippen LogP contribution in [-0.4, -0.2) is 25.6 Å². The molecule has 2 aromatic rings. The third-order valence-corrected chi connectivity index (χ3v) is 4.33. The van der Waals surface area contributed by atoms with Crippen LogP contribution in [0.1, 0.15) is 10.4 Å². The van der Waals surface area contributed by atoms with Crippen LogP contribution in [0.2, 0.25) is 0 Å². The lowest BCUT2D eigenvalue weighted by molar-refractivity contribution is 0.102. The van der Waals surface area contributed by atoms with Crippen LogP contribution in [-0.2, 0) is 9.84 Å². The van der Waals surface area contributed by atoms with Gasteiger partial charge in [0.2, 0.25) is 0 Å². The van der Waals surface area contributed by atoms with Crippen molar-refractivity contribution in [2.45, 2.75) is 4.90 Å². The molecule has 0 aliphatic rings. The fourth-order valence-corrected chi connectivity index (χ4v) is 2.91. The van der Waals surface area contributed by atoms with Crippen LogP contribution in [0.15, 0.2) is 52.1 Å². The average Bonchev–Trinajstić information content (AvgIpc) is 2.38. The standard InChI is InChI=1S/C13H11BrN2O3S/c1-20(18,19)11-7-3-2-6-10(11)16-13(17)9-5-4-8-15-12(9)14/h2-8H,1H3,(H,16,17). The quantitative estimate of drug-likeness (QED) is 0.859. The number of carbonyl (C=O) groups excluding carboxylic acids is 1. The van der Waals surface area contributed by atoms with E-state index >= 15 is 0 Å².